The lowest BCUT2D eigenvalue weighted by molar-refractivity contribution is 0.436. The van der Waals surface area contributed by atoms with Gasteiger partial charge in [-0.1, -0.05) is 13.8 Å². The fourth-order valence-electron chi connectivity index (χ4n) is 1.78. The summed E-state index contributed by atoms with van der Waals surface area (Å²) in [7, 11) is 2.00. The first-order valence-corrected chi connectivity index (χ1v) is 5.37. The molecule has 1 N–H and O–H groups in total. The smallest absolute Gasteiger partial charge is 0.0492 e. The number of nitrogens with zero attached hydrogens (tertiary/aromatic N) is 2. The van der Waals surface area contributed by atoms with Crippen LogP contribution in [0, 0.1) is 5.92 Å². The molecule has 0 saturated carbocycles. The van der Waals surface area contributed by atoms with Gasteiger partial charge in [0, 0.05) is 24.4 Å². The molecule has 1 rings (SSSR count). The minimum Gasteiger partial charge on any atom is -0.319 e. The largest absolute Gasteiger partial charge is 0.319 e. The zero-order valence-electron chi connectivity index (χ0n) is 9.62. The van der Waals surface area contributed by atoms with Gasteiger partial charge in [-0.2, -0.15) is 5.10 Å². The number of aryl methyl sites for hydroxylation is 1. The molecule has 0 spiro atoms. The fraction of sp³-hybridized carbons (Fsp3) is 0.727. The van der Waals surface area contributed by atoms with Crippen LogP contribution in [0.3, 0.4) is 0 Å². The SMILES string of the molecule is CCn1nccc1C(C)C(C)CNC. The second-order valence-corrected chi connectivity index (χ2v) is 3.90. The van der Waals surface area contributed by atoms with Gasteiger partial charge in [0.05, 0.1) is 0 Å². The van der Waals surface area contributed by atoms with Gasteiger partial charge in [-0.25, -0.2) is 0 Å². The number of nitrogens with one attached hydrogen (secondary N) is 1. The predicted octanol–water partition coefficient (Wildman–Crippen LogP) is 1.86. The number of aromatic nitrogens is 2. The van der Waals surface area contributed by atoms with Gasteiger partial charge in [0.2, 0.25) is 0 Å². The second kappa shape index (κ2) is 5.15. The van der Waals surface area contributed by atoms with E-state index in [1.807, 2.05) is 13.2 Å². The van der Waals surface area contributed by atoms with E-state index in [0.717, 1.165) is 13.1 Å². The predicted molar refractivity (Wildman–Crippen MR) is 59.4 cm³/mol. The second-order valence-electron chi connectivity index (χ2n) is 3.90. The maximum absolute atomic E-state index is 4.29. The van der Waals surface area contributed by atoms with Crippen molar-refractivity contribution in [2.75, 3.05) is 13.6 Å². The maximum Gasteiger partial charge on any atom is 0.0492 e. The molecule has 1 aromatic rings. The molecule has 0 saturated heterocycles. The standard InChI is InChI=1S/C11H21N3/c1-5-14-11(6-7-13-14)10(3)9(2)8-12-4/h6-7,9-10,12H,5,8H2,1-4H3. The topological polar surface area (TPSA) is 29.9 Å². The van der Waals surface area contributed by atoms with Gasteiger partial charge in [-0.3, -0.25) is 4.68 Å². The molecule has 3 nitrogen and oxygen atoms in total. The van der Waals surface area contributed by atoms with E-state index in [9.17, 15) is 0 Å². The van der Waals surface area contributed by atoms with E-state index in [1.165, 1.54) is 5.69 Å². The van der Waals surface area contributed by atoms with Crippen LogP contribution in [0.5, 0.6) is 0 Å². The van der Waals surface area contributed by atoms with Crippen LogP contribution < -0.4 is 5.32 Å². The molecule has 0 aliphatic carbocycles. The first kappa shape index (κ1) is 11.2. The van der Waals surface area contributed by atoms with E-state index >= 15 is 0 Å². The Labute approximate surface area is 86.5 Å². The zero-order chi connectivity index (χ0) is 10.6. The van der Waals surface area contributed by atoms with Crippen LogP contribution in [0.1, 0.15) is 32.4 Å². The van der Waals surface area contributed by atoms with Crippen molar-refractivity contribution < 1.29 is 0 Å². The average Bonchev–Trinajstić information content (AvgIpc) is 2.64. The van der Waals surface area contributed by atoms with Gasteiger partial charge in [0.1, 0.15) is 0 Å². The summed E-state index contributed by atoms with van der Waals surface area (Å²) in [6.07, 6.45) is 1.89. The van der Waals surface area contributed by atoms with E-state index in [4.69, 9.17) is 0 Å². The number of rotatable bonds is 5. The third kappa shape index (κ3) is 2.35. The Balaban J connectivity index is 2.72. The molecule has 0 aliphatic heterocycles. The Morgan fingerprint density at radius 1 is 1.50 bits per heavy atom. The zero-order valence-corrected chi connectivity index (χ0v) is 9.62. The van der Waals surface area contributed by atoms with Crippen LogP contribution in [-0.4, -0.2) is 23.4 Å². The molecule has 0 radical (unpaired) electrons. The van der Waals surface area contributed by atoms with Gasteiger partial charge in [0.15, 0.2) is 0 Å². The summed E-state index contributed by atoms with van der Waals surface area (Å²) >= 11 is 0. The van der Waals surface area contributed by atoms with Crippen molar-refractivity contribution in [2.45, 2.75) is 33.2 Å². The quantitative estimate of drug-likeness (QED) is 0.777. The molecule has 0 aliphatic rings. The summed E-state index contributed by atoms with van der Waals surface area (Å²) < 4.78 is 2.08. The van der Waals surface area contributed by atoms with Crippen molar-refractivity contribution in [1.82, 2.24) is 15.1 Å². The normalized spacial score (nSPS) is 15.4. The highest BCUT2D eigenvalue weighted by molar-refractivity contribution is 5.08. The Morgan fingerprint density at radius 3 is 2.79 bits per heavy atom. The van der Waals surface area contributed by atoms with Gasteiger partial charge in [-0.15, -0.1) is 0 Å². The maximum atomic E-state index is 4.29. The first-order chi connectivity index (χ1) is 6.70. The fourth-order valence-corrected chi connectivity index (χ4v) is 1.78. The third-order valence-electron chi connectivity index (χ3n) is 2.90. The van der Waals surface area contributed by atoms with E-state index in [-0.39, 0.29) is 0 Å². The van der Waals surface area contributed by atoms with Crippen LogP contribution in [0.4, 0.5) is 0 Å². The lowest BCUT2D eigenvalue weighted by atomic mass is 9.93. The molecular formula is C11H21N3. The third-order valence-corrected chi connectivity index (χ3v) is 2.90. The summed E-state index contributed by atoms with van der Waals surface area (Å²) in [5.41, 5.74) is 1.34. The summed E-state index contributed by atoms with van der Waals surface area (Å²) in [5, 5.41) is 7.51. The molecule has 80 valence electrons. The minimum atomic E-state index is 0.560. The molecule has 0 fully saturated rings. The molecule has 14 heavy (non-hydrogen) atoms. The summed E-state index contributed by atoms with van der Waals surface area (Å²) in [5.74, 6) is 1.20. The lowest BCUT2D eigenvalue weighted by Gasteiger charge is -2.20. The van der Waals surface area contributed by atoms with Gasteiger partial charge in [-0.05, 0) is 32.5 Å². The highest BCUT2D eigenvalue weighted by Crippen LogP contribution is 2.22. The summed E-state index contributed by atoms with van der Waals surface area (Å²) in [6.45, 7) is 8.68. The molecule has 0 aromatic carbocycles. The van der Waals surface area contributed by atoms with Crippen molar-refractivity contribution in [2.24, 2.45) is 5.92 Å². The van der Waals surface area contributed by atoms with Gasteiger partial charge >= 0.3 is 0 Å². The van der Waals surface area contributed by atoms with Crippen LogP contribution in [0.25, 0.3) is 0 Å². The van der Waals surface area contributed by atoms with E-state index in [0.29, 0.717) is 11.8 Å². The van der Waals surface area contributed by atoms with Crippen LogP contribution >= 0.6 is 0 Å². The van der Waals surface area contributed by atoms with Crippen LogP contribution in [0.2, 0.25) is 0 Å². The molecule has 3 heteroatoms. The van der Waals surface area contributed by atoms with Crippen molar-refractivity contribution in [3.63, 3.8) is 0 Å². The first-order valence-electron chi connectivity index (χ1n) is 5.37. The highest BCUT2D eigenvalue weighted by Gasteiger charge is 2.16. The minimum absolute atomic E-state index is 0.560. The molecular weight excluding hydrogens is 174 g/mol. The number of hydrogen-bond acceptors (Lipinski definition) is 2. The van der Waals surface area contributed by atoms with Crippen molar-refractivity contribution >= 4 is 0 Å². The Hall–Kier alpha value is -0.830. The van der Waals surface area contributed by atoms with Gasteiger partial charge < -0.3 is 5.32 Å². The van der Waals surface area contributed by atoms with E-state index in [1.54, 1.807) is 0 Å². The molecule has 2 unspecified atom stereocenters. The van der Waals surface area contributed by atoms with Crippen LogP contribution in [0.15, 0.2) is 12.3 Å². The Kier molecular flexibility index (Phi) is 4.14. The highest BCUT2D eigenvalue weighted by atomic mass is 15.3. The Bertz CT molecular complexity index is 267. The molecule has 1 aromatic heterocycles. The van der Waals surface area contributed by atoms with Gasteiger partial charge in [0.25, 0.3) is 0 Å². The lowest BCUT2D eigenvalue weighted by Crippen LogP contribution is -2.22. The number of hydrogen-bond donors (Lipinski definition) is 1. The molecule has 2 atom stereocenters. The van der Waals surface area contributed by atoms with Crippen molar-refractivity contribution in [3.05, 3.63) is 18.0 Å². The molecule has 1 heterocycles. The summed E-state index contributed by atoms with van der Waals surface area (Å²) in [4.78, 5) is 0. The van der Waals surface area contributed by atoms with E-state index < -0.39 is 0 Å². The van der Waals surface area contributed by atoms with Crippen molar-refractivity contribution in [1.29, 1.82) is 0 Å². The van der Waals surface area contributed by atoms with Crippen LogP contribution in [-0.2, 0) is 6.54 Å². The summed E-state index contributed by atoms with van der Waals surface area (Å²) in [6, 6.07) is 2.13. The van der Waals surface area contributed by atoms with E-state index in [2.05, 4.69) is 41.9 Å². The van der Waals surface area contributed by atoms with Crippen molar-refractivity contribution in [3.8, 4) is 0 Å². The molecule has 0 amide bonds. The molecule has 0 bridgehead atoms. The average molecular weight is 195 g/mol. The Morgan fingerprint density at radius 2 is 2.21 bits per heavy atom. The monoisotopic (exact) mass is 195 g/mol.